The van der Waals surface area contributed by atoms with Crippen LogP contribution in [0.4, 0.5) is 0 Å². The molecule has 0 spiro atoms. The summed E-state index contributed by atoms with van der Waals surface area (Å²) in [6.07, 6.45) is 6.74. The minimum absolute atomic E-state index is 0.00354. The third-order valence-electron chi connectivity index (χ3n) is 4.58. The summed E-state index contributed by atoms with van der Waals surface area (Å²) >= 11 is 0. The van der Waals surface area contributed by atoms with Gasteiger partial charge in [0.25, 0.3) is 0 Å². The molecule has 1 unspecified atom stereocenters. The molecule has 1 saturated carbocycles. The maximum atomic E-state index is 12.7. The van der Waals surface area contributed by atoms with Crippen molar-refractivity contribution < 1.29 is 19.4 Å². The highest BCUT2D eigenvalue weighted by Gasteiger charge is 2.30. The van der Waals surface area contributed by atoms with E-state index in [4.69, 9.17) is 9.84 Å². The number of hydrogen-bond donors (Lipinski definition) is 1. The number of rotatable bonds is 5. The molecule has 1 aliphatic carbocycles. The highest BCUT2D eigenvalue weighted by atomic mass is 16.5. The molecular formula is C16H28N2O4. The molecule has 1 saturated heterocycles. The van der Waals surface area contributed by atoms with Crippen LogP contribution in [0.5, 0.6) is 0 Å². The fourth-order valence-corrected chi connectivity index (χ4v) is 3.46. The van der Waals surface area contributed by atoms with Crippen LogP contribution in [0.2, 0.25) is 0 Å². The molecule has 2 rings (SSSR count). The van der Waals surface area contributed by atoms with Crippen molar-refractivity contribution in [1.29, 1.82) is 0 Å². The summed E-state index contributed by atoms with van der Waals surface area (Å²) < 4.78 is 5.69. The fourth-order valence-electron chi connectivity index (χ4n) is 3.46. The largest absolute Gasteiger partial charge is 0.480 e. The molecule has 1 aliphatic heterocycles. The molecule has 6 heteroatoms. The molecule has 1 heterocycles. The minimum atomic E-state index is -0.843. The third-order valence-corrected chi connectivity index (χ3v) is 4.58. The second-order valence-corrected chi connectivity index (χ2v) is 6.56. The van der Waals surface area contributed by atoms with Gasteiger partial charge >= 0.3 is 5.97 Å². The lowest BCUT2D eigenvalue weighted by molar-refractivity contribution is -0.145. The van der Waals surface area contributed by atoms with E-state index in [9.17, 15) is 9.59 Å². The number of likely N-dealkylation sites (N-methyl/N-ethyl adjacent to an activating group) is 1. The van der Waals surface area contributed by atoms with Crippen LogP contribution in [0.3, 0.4) is 0 Å². The molecule has 1 amide bonds. The Bertz CT molecular complexity index is 380. The highest BCUT2D eigenvalue weighted by molar-refractivity contribution is 5.79. The number of hydrogen-bond acceptors (Lipinski definition) is 4. The summed E-state index contributed by atoms with van der Waals surface area (Å²) in [4.78, 5) is 27.1. The number of carboxylic acids is 1. The number of nitrogens with zero attached hydrogens (tertiary/aromatic N) is 2. The highest BCUT2D eigenvalue weighted by Crippen LogP contribution is 2.25. The summed E-state index contributed by atoms with van der Waals surface area (Å²) in [5.41, 5.74) is 0. The van der Waals surface area contributed by atoms with Gasteiger partial charge in [-0.2, -0.15) is 0 Å². The molecule has 1 N–H and O–H groups in total. The second kappa shape index (κ2) is 8.48. The molecule has 22 heavy (non-hydrogen) atoms. The zero-order valence-corrected chi connectivity index (χ0v) is 13.5. The van der Waals surface area contributed by atoms with Crippen LogP contribution in [-0.4, -0.2) is 72.7 Å². The van der Waals surface area contributed by atoms with Crippen LogP contribution in [0.25, 0.3) is 0 Å². The van der Waals surface area contributed by atoms with E-state index in [0.717, 1.165) is 25.7 Å². The van der Waals surface area contributed by atoms with E-state index in [2.05, 4.69) is 0 Å². The predicted molar refractivity (Wildman–Crippen MR) is 82.6 cm³/mol. The SMILES string of the molecule is CN(CC(=O)O)CC1CN(C(=O)C2CCCCCC2)CCO1. The van der Waals surface area contributed by atoms with Gasteiger partial charge in [0, 0.05) is 25.6 Å². The Hall–Kier alpha value is -1.14. The molecular weight excluding hydrogens is 284 g/mol. The first kappa shape index (κ1) is 17.2. The Morgan fingerprint density at radius 1 is 1.23 bits per heavy atom. The number of carbonyl (C=O) groups excluding carboxylic acids is 1. The van der Waals surface area contributed by atoms with Crippen molar-refractivity contribution >= 4 is 11.9 Å². The lowest BCUT2D eigenvalue weighted by Gasteiger charge is -2.36. The summed E-state index contributed by atoms with van der Waals surface area (Å²) in [6.45, 7) is 2.33. The van der Waals surface area contributed by atoms with Gasteiger partial charge in [0.2, 0.25) is 5.91 Å². The average Bonchev–Trinajstić information content (AvgIpc) is 2.75. The van der Waals surface area contributed by atoms with E-state index in [0.29, 0.717) is 26.2 Å². The van der Waals surface area contributed by atoms with Crippen LogP contribution in [0.15, 0.2) is 0 Å². The second-order valence-electron chi connectivity index (χ2n) is 6.56. The Kier molecular flexibility index (Phi) is 6.64. The van der Waals surface area contributed by atoms with Gasteiger partial charge in [-0.3, -0.25) is 14.5 Å². The van der Waals surface area contributed by atoms with E-state index in [1.54, 1.807) is 11.9 Å². The molecule has 2 aliphatic rings. The molecule has 1 atom stereocenters. The van der Waals surface area contributed by atoms with Crippen LogP contribution >= 0.6 is 0 Å². The van der Waals surface area contributed by atoms with E-state index in [1.807, 2.05) is 4.90 Å². The van der Waals surface area contributed by atoms with Crippen LogP contribution < -0.4 is 0 Å². The van der Waals surface area contributed by atoms with Gasteiger partial charge in [-0.05, 0) is 19.9 Å². The van der Waals surface area contributed by atoms with Crippen molar-refractivity contribution in [3.05, 3.63) is 0 Å². The van der Waals surface area contributed by atoms with Gasteiger partial charge in [0.05, 0.1) is 19.3 Å². The number of carbonyl (C=O) groups is 2. The summed E-state index contributed by atoms with van der Waals surface area (Å²) in [6, 6.07) is 0. The van der Waals surface area contributed by atoms with E-state index in [1.165, 1.54) is 12.8 Å². The topological polar surface area (TPSA) is 70.1 Å². The molecule has 126 valence electrons. The lowest BCUT2D eigenvalue weighted by Crippen LogP contribution is -2.51. The van der Waals surface area contributed by atoms with Crippen molar-refractivity contribution in [2.45, 2.75) is 44.6 Å². The number of ether oxygens (including phenoxy) is 1. The van der Waals surface area contributed by atoms with Crippen molar-refractivity contribution in [2.24, 2.45) is 5.92 Å². The van der Waals surface area contributed by atoms with E-state index >= 15 is 0 Å². The molecule has 0 aromatic heterocycles. The van der Waals surface area contributed by atoms with Gasteiger partial charge in [0.1, 0.15) is 0 Å². The number of amides is 1. The maximum absolute atomic E-state index is 12.7. The smallest absolute Gasteiger partial charge is 0.317 e. The Morgan fingerprint density at radius 3 is 2.55 bits per heavy atom. The molecule has 0 aromatic rings. The molecule has 0 radical (unpaired) electrons. The summed E-state index contributed by atoms with van der Waals surface area (Å²) in [7, 11) is 1.77. The van der Waals surface area contributed by atoms with Crippen molar-refractivity contribution in [1.82, 2.24) is 9.80 Å². The Balaban J connectivity index is 1.83. The van der Waals surface area contributed by atoms with Crippen LogP contribution in [-0.2, 0) is 14.3 Å². The van der Waals surface area contributed by atoms with Gasteiger partial charge in [-0.15, -0.1) is 0 Å². The van der Waals surface area contributed by atoms with Crippen LogP contribution in [0.1, 0.15) is 38.5 Å². The lowest BCUT2D eigenvalue weighted by atomic mass is 9.98. The van der Waals surface area contributed by atoms with Gasteiger partial charge in [0.15, 0.2) is 0 Å². The van der Waals surface area contributed by atoms with Crippen LogP contribution in [0, 0.1) is 5.92 Å². The normalized spacial score (nSPS) is 24.3. The number of morpholine rings is 1. The molecule has 2 fully saturated rings. The number of carboxylic acid groups (broad SMARTS) is 1. The zero-order chi connectivity index (χ0) is 15.9. The van der Waals surface area contributed by atoms with Gasteiger partial charge in [-0.1, -0.05) is 25.7 Å². The first-order valence-corrected chi connectivity index (χ1v) is 8.37. The monoisotopic (exact) mass is 312 g/mol. The predicted octanol–water partition coefficient (Wildman–Crippen LogP) is 1.20. The number of aliphatic carboxylic acids is 1. The Labute approximate surface area is 132 Å². The zero-order valence-electron chi connectivity index (χ0n) is 13.5. The molecule has 0 bridgehead atoms. The first-order chi connectivity index (χ1) is 10.6. The molecule has 6 nitrogen and oxygen atoms in total. The van der Waals surface area contributed by atoms with Gasteiger partial charge < -0.3 is 14.7 Å². The average molecular weight is 312 g/mol. The van der Waals surface area contributed by atoms with Crippen molar-refractivity contribution in [2.75, 3.05) is 39.8 Å². The third kappa shape index (κ3) is 5.25. The van der Waals surface area contributed by atoms with Gasteiger partial charge in [-0.25, -0.2) is 0 Å². The van der Waals surface area contributed by atoms with Crippen molar-refractivity contribution in [3.63, 3.8) is 0 Å². The summed E-state index contributed by atoms with van der Waals surface area (Å²) in [5.74, 6) is -0.390. The van der Waals surface area contributed by atoms with Crippen molar-refractivity contribution in [3.8, 4) is 0 Å². The van der Waals surface area contributed by atoms with E-state index in [-0.39, 0.29) is 24.5 Å². The first-order valence-electron chi connectivity index (χ1n) is 8.37. The van der Waals surface area contributed by atoms with E-state index < -0.39 is 5.97 Å². The minimum Gasteiger partial charge on any atom is -0.480 e. The summed E-state index contributed by atoms with van der Waals surface area (Å²) in [5, 5.41) is 8.80. The molecule has 0 aromatic carbocycles. The maximum Gasteiger partial charge on any atom is 0.317 e. The Morgan fingerprint density at radius 2 is 1.91 bits per heavy atom. The quantitative estimate of drug-likeness (QED) is 0.773. The fraction of sp³-hybridized carbons (Fsp3) is 0.875. The standard InChI is InChI=1S/C16H28N2O4/c1-17(12-15(19)20)10-14-11-18(8-9-22-14)16(21)13-6-4-2-3-5-7-13/h13-14H,2-12H2,1H3,(H,19,20).